The van der Waals surface area contributed by atoms with Gasteiger partial charge in [0.05, 0.1) is 5.69 Å². The number of nitrogens with zero attached hydrogens (tertiary/aromatic N) is 1. The number of rotatable bonds is 2. The van der Waals surface area contributed by atoms with E-state index in [4.69, 9.17) is 0 Å². The number of thioether (sulfide) groups is 1. The van der Waals surface area contributed by atoms with Crippen molar-refractivity contribution in [1.82, 2.24) is 0 Å². The van der Waals surface area contributed by atoms with Crippen LogP contribution in [-0.4, -0.2) is 16.7 Å². The second-order valence-electron chi connectivity index (χ2n) is 6.87. The van der Waals surface area contributed by atoms with Gasteiger partial charge < -0.3 is 5.32 Å². The van der Waals surface area contributed by atoms with Crippen LogP contribution in [0.4, 0.5) is 11.4 Å². The fourth-order valence-electron chi connectivity index (χ4n) is 4.18. The highest BCUT2D eigenvalue weighted by atomic mass is 32.2. The number of amides is 2. The highest BCUT2D eigenvalue weighted by molar-refractivity contribution is 8.02. The summed E-state index contributed by atoms with van der Waals surface area (Å²) in [4.78, 5) is 27.5. The van der Waals surface area contributed by atoms with Gasteiger partial charge in [0.25, 0.3) is 5.91 Å². The number of carbonyl (C=O) groups is 2. The average molecular weight is 350 g/mol. The third kappa shape index (κ3) is 2.15. The second-order valence-corrected chi connectivity index (χ2v) is 8.19. The van der Waals surface area contributed by atoms with E-state index in [9.17, 15) is 9.59 Å². The predicted molar refractivity (Wildman–Crippen MR) is 98.8 cm³/mol. The smallest absolute Gasteiger partial charge is 0.261 e. The van der Waals surface area contributed by atoms with Gasteiger partial charge in [0, 0.05) is 17.0 Å². The Balaban J connectivity index is 1.48. The Kier molecular flexibility index (Phi) is 3.22. The molecule has 0 unspecified atom stereocenters. The van der Waals surface area contributed by atoms with Gasteiger partial charge in [0.1, 0.15) is 0 Å². The van der Waals surface area contributed by atoms with Crippen molar-refractivity contribution >= 4 is 35.0 Å². The molecule has 1 fully saturated rings. The molecule has 25 heavy (non-hydrogen) atoms. The molecule has 0 bridgehead atoms. The number of aryl methyl sites for hydroxylation is 2. The molecule has 1 aliphatic carbocycles. The van der Waals surface area contributed by atoms with E-state index < -0.39 is 4.87 Å². The molecular formula is C20H18N2O2S. The number of carbonyl (C=O) groups excluding carboxylic acids is 2. The van der Waals surface area contributed by atoms with Gasteiger partial charge in [-0.05, 0) is 61.1 Å². The van der Waals surface area contributed by atoms with E-state index in [1.54, 1.807) is 4.90 Å². The standard InChI is InChI=1S/C20H18N2O2S/c23-18-10-11-20(22(18)16-6-1-2-7-17(16)25-20)19(24)21-15-9-8-13-4-3-5-14(13)12-15/h1-2,6-9,12H,3-5,10-11H2,(H,21,24)/t20-/m1/s1. The van der Waals surface area contributed by atoms with Crippen molar-refractivity contribution in [2.45, 2.75) is 41.9 Å². The fraction of sp³-hybridized carbons (Fsp3) is 0.300. The molecule has 4 nitrogen and oxygen atoms in total. The van der Waals surface area contributed by atoms with Crippen LogP contribution in [0.25, 0.3) is 0 Å². The summed E-state index contributed by atoms with van der Waals surface area (Å²) in [6.07, 6.45) is 4.35. The number of nitrogens with one attached hydrogen (secondary N) is 1. The maximum atomic E-state index is 13.2. The molecule has 2 amide bonds. The quantitative estimate of drug-likeness (QED) is 0.897. The molecule has 5 heteroatoms. The average Bonchev–Trinajstić information content (AvgIpc) is 3.29. The van der Waals surface area contributed by atoms with Crippen LogP contribution in [0.5, 0.6) is 0 Å². The molecule has 2 aromatic carbocycles. The van der Waals surface area contributed by atoms with Gasteiger partial charge >= 0.3 is 0 Å². The SMILES string of the molecule is O=C1CC[C@]2(C(=O)Nc3ccc4c(c3)CCC4)Sc3ccccc3N12. The lowest BCUT2D eigenvalue weighted by atomic mass is 10.1. The summed E-state index contributed by atoms with van der Waals surface area (Å²) in [5, 5.41) is 3.08. The molecule has 2 aliphatic heterocycles. The van der Waals surface area contributed by atoms with E-state index in [0.717, 1.165) is 29.1 Å². The van der Waals surface area contributed by atoms with Crippen LogP contribution in [0.2, 0.25) is 0 Å². The van der Waals surface area contributed by atoms with E-state index in [1.165, 1.54) is 29.3 Å². The third-order valence-corrected chi connectivity index (χ3v) is 6.86. The molecule has 126 valence electrons. The Morgan fingerprint density at radius 1 is 1.08 bits per heavy atom. The first kappa shape index (κ1) is 15.0. The lowest BCUT2D eigenvalue weighted by Gasteiger charge is -2.29. The van der Waals surface area contributed by atoms with Crippen molar-refractivity contribution in [3.63, 3.8) is 0 Å². The fourth-order valence-corrected chi connectivity index (χ4v) is 5.59. The van der Waals surface area contributed by atoms with Gasteiger partial charge in [-0.1, -0.05) is 30.0 Å². The van der Waals surface area contributed by atoms with Gasteiger partial charge in [-0.3, -0.25) is 14.5 Å². The minimum Gasteiger partial charge on any atom is -0.323 e. The van der Waals surface area contributed by atoms with Crippen LogP contribution in [0, 0.1) is 0 Å². The first-order valence-electron chi connectivity index (χ1n) is 8.72. The lowest BCUT2D eigenvalue weighted by Crippen LogP contribution is -2.49. The summed E-state index contributed by atoms with van der Waals surface area (Å²) in [5.41, 5.74) is 4.41. The van der Waals surface area contributed by atoms with Crippen molar-refractivity contribution in [1.29, 1.82) is 0 Å². The normalized spacial score (nSPS) is 23.4. The molecule has 1 atom stereocenters. The van der Waals surface area contributed by atoms with Crippen LogP contribution >= 0.6 is 11.8 Å². The summed E-state index contributed by atoms with van der Waals surface area (Å²) in [6.45, 7) is 0. The van der Waals surface area contributed by atoms with Crippen molar-refractivity contribution < 1.29 is 9.59 Å². The maximum Gasteiger partial charge on any atom is 0.261 e. The van der Waals surface area contributed by atoms with Gasteiger partial charge in [-0.15, -0.1) is 0 Å². The first-order chi connectivity index (χ1) is 12.2. The monoisotopic (exact) mass is 350 g/mol. The van der Waals surface area contributed by atoms with Crippen molar-refractivity contribution in [3.8, 4) is 0 Å². The van der Waals surface area contributed by atoms with Crippen molar-refractivity contribution in [3.05, 3.63) is 53.6 Å². The summed E-state index contributed by atoms with van der Waals surface area (Å²) in [6, 6.07) is 14.0. The molecule has 1 N–H and O–H groups in total. The Morgan fingerprint density at radius 3 is 2.84 bits per heavy atom. The Hall–Kier alpha value is -2.27. The molecular weight excluding hydrogens is 332 g/mol. The summed E-state index contributed by atoms with van der Waals surface area (Å²) < 4.78 is 0. The molecule has 1 saturated heterocycles. The second kappa shape index (κ2) is 5.36. The minimum atomic E-state index is -0.847. The summed E-state index contributed by atoms with van der Waals surface area (Å²) in [7, 11) is 0. The lowest BCUT2D eigenvalue weighted by molar-refractivity contribution is -0.121. The highest BCUT2D eigenvalue weighted by Crippen LogP contribution is 2.56. The van der Waals surface area contributed by atoms with Crippen LogP contribution in [0.1, 0.15) is 30.4 Å². The van der Waals surface area contributed by atoms with Crippen molar-refractivity contribution in [2.75, 3.05) is 10.2 Å². The van der Waals surface area contributed by atoms with Gasteiger partial charge in [0.2, 0.25) is 5.91 Å². The molecule has 0 radical (unpaired) electrons. The molecule has 2 heterocycles. The Morgan fingerprint density at radius 2 is 1.92 bits per heavy atom. The van der Waals surface area contributed by atoms with Gasteiger partial charge in [-0.2, -0.15) is 0 Å². The molecule has 0 aromatic heterocycles. The molecule has 0 saturated carbocycles. The zero-order chi connectivity index (χ0) is 17.0. The zero-order valence-corrected chi connectivity index (χ0v) is 14.6. The van der Waals surface area contributed by atoms with Gasteiger partial charge in [-0.25, -0.2) is 0 Å². The number of hydrogen-bond donors (Lipinski definition) is 1. The summed E-state index contributed by atoms with van der Waals surface area (Å²) >= 11 is 1.50. The molecule has 3 aliphatic rings. The van der Waals surface area contributed by atoms with Crippen LogP contribution < -0.4 is 10.2 Å². The largest absolute Gasteiger partial charge is 0.323 e. The third-order valence-electron chi connectivity index (χ3n) is 5.38. The van der Waals surface area contributed by atoms with Crippen LogP contribution in [0.3, 0.4) is 0 Å². The molecule has 0 spiro atoms. The van der Waals surface area contributed by atoms with Crippen molar-refractivity contribution in [2.24, 2.45) is 0 Å². The summed E-state index contributed by atoms with van der Waals surface area (Å²) in [5.74, 6) is -0.0703. The van der Waals surface area contributed by atoms with Crippen LogP contribution in [0.15, 0.2) is 47.4 Å². The van der Waals surface area contributed by atoms with E-state index in [0.29, 0.717) is 12.8 Å². The van der Waals surface area contributed by atoms with Gasteiger partial charge in [0.15, 0.2) is 4.87 Å². The zero-order valence-electron chi connectivity index (χ0n) is 13.7. The minimum absolute atomic E-state index is 0.0292. The number of para-hydroxylation sites is 1. The number of anilines is 2. The predicted octanol–water partition coefficient (Wildman–Crippen LogP) is 3.74. The topological polar surface area (TPSA) is 49.4 Å². The van der Waals surface area contributed by atoms with E-state index in [-0.39, 0.29) is 11.8 Å². The first-order valence-corrected chi connectivity index (χ1v) is 9.53. The molecule has 2 aromatic rings. The van der Waals surface area contributed by atoms with Crippen LogP contribution in [-0.2, 0) is 22.4 Å². The van der Waals surface area contributed by atoms with E-state index in [2.05, 4.69) is 17.4 Å². The highest BCUT2D eigenvalue weighted by Gasteiger charge is 2.57. The Bertz CT molecular complexity index is 910. The Labute approximate surface area is 150 Å². The maximum absolute atomic E-state index is 13.2. The number of hydrogen-bond acceptors (Lipinski definition) is 3. The van der Waals surface area contributed by atoms with E-state index >= 15 is 0 Å². The molecule has 5 rings (SSSR count). The number of benzene rings is 2. The van der Waals surface area contributed by atoms with E-state index in [1.807, 2.05) is 30.3 Å². The number of fused-ring (bicyclic) bond motifs is 4.